The smallest absolute Gasteiger partial charge is 0.338 e. The number of ether oxygens (including phenoxy) is 2. The summed E-state index contributed by atoms with van der Waals surface area (Å²) in [7, 11) is 0. The zero-order chi connectivity index (χ0) is 21.6. The van der Waals surface area contributed by atoms with Crippen molar-refractivity contribution in [3.05, 3.63) is 77.9 Å². The summed E-state index contributed by atoms with van der Waals surface area (Å²) >= 11 is 0. The van der Waals surface area contributed by atoms with E-state index in [4.69, 9.17) is 9.47 Å². The SMILES string of the molecule is C[C@@H](OC(=O)c1ccc(CN2CCOCC2)cc1)C(=O)Nc1ccc2ccccc2c1. The molecule has 0 unspecified atom stereocenters. The Morgan fingerprint density at radius 3 is 2.45 bits per heavy atom. The van der Waals surface area contributed by atoms with E-state index in [1.807, 2.05) is 54.6 Å². The minimum atomic E-state index is -0.910. The van der Waals surface area contributed by atoms with E-state index in [2.05, 4.69) is 10.2 Å². The third-order valence-corrected chi connectivity index (χ3v) is 5.37. The average Bonchev–Trinajstić information content (AvgIpc) is 2.80. The number of fused-ring (bicyclic) bond motifs is 1. The highest BCUT2D eigenvalue weighted by molar-refractivity contribution is 5.98. The molecule has 1 aliphatic heterocycles. The molecule has 6 nitrogen and oxygen atoms in total. The van der Waals surface area contributed by atoms with Gasteiger partial charge in [0.05, 0.1) is 18.8 Å². The van der Waals surface area contributed by atoms with Crippen LogP contribution >= 0.6 is 0 Å². The number of esters is 1. The molecule has 1 atom stereocenters. The Morgan fingerprint density at radius 1 is 1.00 bits per heavy atom. The fraction of sp³-hybridized carbons (Fsp3) is 0.280. The number of nitrogens with zero attached hydrogens (tertiary/aromatic N) is 1. The van der Waals surface area contributed by atoms with E-state index in [0.717, 1.165) is 49.2 Å². The average molecular weight is 418 g/mol. The van der Waals surface area contributed by atoms with Crippen molar-refractivity contribution in [3.63, 3.8) is 0 Å². The van der Waals surface area contributed by atoms with Crippen LogP contribution in [-0.2, 0) is 20.8 Å². The minimum Gasteiger partial charge on any atom is -0.449 e. The molecule has 0 aliphatic carbocycles. The van der Waals surface area contributed by atoms with Gasteiger partial charge in [0.2, 0.25) is 0 Å². The summed E-state index contributed by atoms with van der Waals surface area (Å²) in [5.41, 5.74) is 2.22. The van der Waals surface area contributed by atoms with E-state index in [9.17, 15) is 9.59 Å². The van der Waals surface area contributed by atoms with Crippen LogP contribution in [0.4, 0.5) is 5.69 Å². The van der Waals surface area contributed by atoms with E-state index in [1.54, 1.807) is 19.1 Å². The summed E-state index contributed by atoms with van der Waals surface area (Å²) < 4.78 is 10.7. The van der Waals surface area contributed by atoms with Gasteiger partial charge in [0.15, 0.2) is 6.10 Å². The number of anilines is 1. The topological polar surface area (TPSA) is 67.9 Å². The third kappa shape index (κ3) is 5.48. The number of nitrogens with one attached hydrogen (secondary N) is 1. The molecule has 1 fully saturated rings. The molecule has 0 aromatic heterocycles. The zero-order valence-electron chi connectivity index (χ0n) is 17.5. The van der Waals surface area contributed by atoms with Crippen LogP contribution in [0, 0.1) is 0 Å². The van der Waals surface area contributed by atoms with Gasteiger partial charge in [0, 0.05) is 25.3 Å². The van der Waals surface area contributed by atoms with Gasteiger partial charge in [0.25, 0.3) is 5.91 Å². The van der Waals surface area contributed by atoms with Crippen LogP contribution in [0.1, 0.15) is 22.8 Å². The highest BCUT2D eigenvalue weighted by Crippen LogP contribution is 2.19. The lowest BCUT2D eigenvalue weighted by Gasteiger charge is -2.26. The van der Waals surface area contributed by atoms with Crippen molar-refractivity contribution in [2.75, 3.05) is 31.6 Å². The van der Waals surface area contributed by atoms with Crippen LogP contribution in [0.2, 0.25) is 0 Å². The fourth-order valence-electron chi connectivity index (χ4n) is 3.56. The van der Waals surface area contributed by atoms with Crippen molar-refractivity contribution in [2.45, 2.75) is 19.6 Å². The van der Waals surface area contributed by atoms with Crippen LogP contribution in [0.15, 0.2) is 66.7 Å². The second-order valence-corrected chi connectivity index (χ2v) is 7.68. The molecule has 0 saturated carbocycles. The van der Waals surface area contributed by atoms with Gasteiger partial charge in [-0.3, -0.25) is 9.69 Å². The van der Waals surface area contributed by atoms with Crippen LogP contribution < -0.4 is 5.32 Å². The van der Waals surface area contributed by atoms with E-state index in [-0.39, 0.29) is 5.91 Å². The number of hydrogen-bond acceptors (Lipinski definition) is 5. The summed E-state index contributed by atoms with van der Waals surface area (Å²) in [5.74, 6) is -0.883. The van der Waals surface area contributed by atoms with E-state index < -0.39 is 12.1 Å². The number of carbonyl (C=O) groups excluding carboxylic acids is 2. The molecule has 0 bridgehead atoms. The number of hydrogen-bond donors (Lipinski definition) is 1. The molecule has 31 heavy (non-hydrogen) atoms. The quantitative estimate of drug-likeness (QED) is 0.616. The monoisotopic (exact) mass is 418 g/mol. The lowest BCUT2D eigenvalue weighted by molar-refractivity contribution is -0.123. The van der Waals surface area contributed by atoms with Crippen molar-refractivity contribution in [1.82, 2.24) is 4.90 Å². The fourth-order valence-corrected chi connectivity index (χ4v) is 3.56. The maximum Gasteiger partial charge on any atom is 0.338 e. The summed E-state index contributed by atoms with van der Waals surface area (Å²) in [6, 6.07) is 20.9. The standard InChI is InChI=1S/C25H26N2O4/c1-18(24(28)26-23-11-10-20-4-2-3-5-22(20)16-23)31-25(29)21-8-6-19(7-9-21)17-27-12-14-30-15-13-27/h2-11,16,18H,12-15,17H2,1H3,(H,26,28)/t18-/m1/s1. The predicted octanol–water partition coefficient (Wildman–Crippen LogP) is 3.86. The molecule has 1 aliphatic rings. The Hall–Kier alpha value is -3.22. The molecule has 0 radical (unpaired) electrons. The Balaban J connectivity index is 1.32. The number of carbonyl (C=O) groups is 2. The van der Waals surface area contributed by atoms with Gasteiger partial charge in [-0.15, -0.1) is 0 Å². The summed E-state index contributed by atoms with van der Waals surface area (Å²) in [6.07, 6.45) is -0.910. The van der Waals surface area contributed by atoms with E-state index in [0.29, 0.717) is 11.3 Å². The van der Waals surface area contributed by atoms with Crippen LogP contribution in [0.25, 0.3) is 10.8 Å². The number of amides is 1. The van der Waals surface area contributed by atoms with Gasteiger partial charge in [-0.25, -0.2) is 4.79 Å². The predicted molar refractivity (Wildman–Crippen MR) is 120 cm³/mol. The Bertz CT molecular complexity index is 1060. The van der Waals surface area contributed by atoms with E-state index >= 15 is 0 Å². The second-order valence-electron chi connectivity index (χ2n) is 7.68. The molecule has 6 heteroatoms. The molecule has 4 rings (SSSR count). The van der Waals surface area contributed by atoms with E-state index in [1.165, 1.54) is 0 Å². The molecule has 1 amide bonds. The first kappa shape index (κ1) is 21.0. The number of rotatable bonds is 6. The largest absolute Gasteiger partial charge is 0.449 e. The molecular weight excluding hydrogens is 392 g/mol. The van der Waals surface area contributed by atoms with Gasteiger partial charge in [0.1, 0.15) is 0 Å². The van der Waals surface area contributed by atoms with Crippen molar-refractivity contribution < 1.29 is 19.1 Å². The van der Waals surface area contributed by atoms with Crippen LogP contribution in [0.5, 0.6) is 0 Å². The summed E-state index contributed by atoms with van der Waals surface area (Å²) in [4.78, 5) is 27.3. The van der Waals surface area contributed by atoms with Gasteiger partial charge in [-0.1, -0.05) is 42.5 Å². The second kappa shape index (κ2) is 9.73. The molecule has 3 aromatic carbocycles. The Morgan fingerprint density at radius 2 is 1.71 bits per heavy atom. The first-order valence-corrected chi connectivity index (χ1v) is 10.5. The molecule has 1 saturated heterocycles. The molecule has 1 N–H and O–H groups in total. The highest BCUT2D eigenvalue weighted by atomic mass is 16.5. The molecule has 3 aromatic rings. The van der Waals surface area contributed by atoms with Gasteiger partial charge < -0.3 is 14.8 Å². The minimum absolute atomic E-state index is 0.368. The van der Waals surface area contributed by atoms with Gasteiger partial charge in [-0.2, -0.15) is 0 Å². The first-order chi connectivity index (χ1) is 15.1. The Kier molecular flexibility index (Phi) is 6.60. The molecule has 1 heterocycles. The van der Waals surface area contributed by atoms with Crippen LogP contribution in [-0.4, -0.2) is 49.2 Å². The number of morpholine rings is 1. The molecular formula is C25H26N2O4. The summed E-state index contributed by atoms with van der Waals surface area (Å²) in [5, 5.41) is 4.94. The number of benzene rings is 3. The molecule has 160 valence electrons. The lowest BCUT2D eigenvalue weighted by atomic mass is 10.1. The maximum absolute atomic E-state index is 12.5. The Labute approximate surface area is 181 Å². The zero-order valence-corrected chi connectivity index (χ0v) is 17.5. The van der Waals surface area contributed by atoms with Crippen molar-refractivity contribution in [1.29, 1.82) is 0 Å². The third-order valence-electron chi connectivity index (χ3n) is 5.37. The highest BCUT2D eigenvalue weighted by Gasteiger charge is 2.19. The van der Waals surface area contributed by atoms with Crippen LogP contribution in [0.3, 0.4) is 0 Å². The molecule has 0 spiro atoms. The van der Waals surface area contributed by atoms with Crippen molar-refractivity contribution in [2.24, 2.45) is 0 Å². The lowest BCUT2D eigenvalue weighted by Crippen LogP contribution is -2.35. The van der Waals surface area contributed by atoms with Crippen molar-refractivity contribution >= 4 is 28.3 Å². The first-order valence-electron chi connectivity index (χ1n) is 10.5. The summed E-state index contributed by atoms with van der Waals surface area (Å²) in [6.45, 7) is 5.72. The van der Waals surface area contributed by atoms with Gasteiger partial charge in [-0.05, 0) is 47.5 Å². The maximum atomic E-state index is 12.5. The normalized spacial score (nSPS) is 15.4. The van der Waals surface area contributed by atoms with Crippen molar-refractivity contribution in [3.8, 4) is 0 Å². The van der Waals surface area contributed by atoms with Gasteiger partial charge >= 0.3 is 5.97 Å².